The maximum absolute atomic E-state index is 6.13. The Morgan fingerprint density at radius 2 is 1.88 bits per heavy atom. The highest BCUT2D eigenvalue weighted by Crippen LogP contribution is 2.21. The van der Waals surface area contributed by atoms with E-state index >= 15 is 0 Å². The van der Waals surface area contributed by atoms with Gasteiger partial charge in [0.2, 0.25) is 0 Å². The average Bonchev–Trinajstić information content (AvgIpc) is 2.27. The van der Waals surface area contributed by atoms with Crippen LogP contribution < -0.4 is 5.73 Å². The molecule has 0 saturated carbocycles. The summed E-state index contributed by atoms with van der Waals surface area (Å²) >= 11 is 1.86. The van der Waals surface area contributed by atoms with Crippen LogP contribution in [0.15, 0.2) is 29.2 Å². The van der Waals surface area contributed by atoms with Gasteiger partial charge in [0.25, 0.3) is 0 Å². The van der Waals surface area contributed by atoms with Gasteiger partial charge in [0, 0.05) is 10.9 Å². The smallest absolute Gasteiger partial charge is 0.0307 e. The van der Waals surface area contributed by atoms with Crippen molar-refractivity contribution < 1.29 is 0 Å². The van der Waals surface area contributed by atoms with Crippen LogP contribution in [-0.4, -0.2) is 31.3 Å². The number of hydrogen-bond donors (Lipinski definition) is 1. The molecule has 2 nitrogen and oxygen atoms in total. The highest BCUT2D eigenvalue weighted by molar-refractivity contribution is 7.99. The van der Waals surface area contributed by atoms with Crippen LogP contribution in [0.5, 0.6) is 0 Å². The predicted molar refractivity (Wildman–Crippen MR) is 72.9 cm³/mol. The SMILES string of the molecule is CCSc1ccc(C(N)CCN(C)C)cc1. The minimum absolute atomic E-state index is 0.156. The largest absolute Gasteiger partial charge is 0.324 e. The van der Waals surface area contributed by atoms with E-state index < -0.39 is 0 Å². The highest BCUT2D eigenvalue weighted by atomic mass is 32.2. The van der Waals surface area contributed by atoms with E-state index in [1.165, 1.54) is 10.5 Å². The molecular weight excluding hydrogens is 216 g/mol. The second-order valence-electron chi connectivity index (χ2n) is 4.20. The molecule has 0 aliphatic rings. The Hall–Kier alpha value is -0.510. The Labute approximate surface area is 103 Å². The van der Waals surface area contributed by atoms with Crippen molar-refractivity contribution in [2.75, 3.05) is 26.4 Å². The molecule has 0 fully saturated rings. The first kappa shape index (κ1) is 13.6. The van der Waals surface area contributed by atoms with Gasteiger partial charge < -0.3 is 10.6 Å². The van der Waals surface area contributed by atoms with Crippen LogP contribution in [0.3, 0.4) is 0 Å². The lowest BCUT2D eigenvalue weighted by Crippen LogP contribution is -2.20. The van der Waals surface area contributed by atoms with Crippen molar-refractivity contribution in [1.29, 1.82) is 0 Å². The topological polar surface area (TPSA) is 29.3 Å². The van der Waals surface area contributed by atoms with Crippen LogP contribution >= 0.6 is 11.8 Å². The monoisotopic (exact) mass is 238 g/mol. The summed E-state index contributed by atoms with van der Waals surface area (Å²) in [4.78, 5) is 3.49. The maximum Gasteiger partial charge on any atom is 0.0307 e. The Bertz CT molecular complexity index is 295. The van der Waals surface area contributed by atoms with E-state index in [0.717, 1.165) is 18.7 Å². The molecule has 0 aliphatic heterocycles. The zero-order valence-corrected chi connectivity index (χ0v) is 11.3. The van der Waals surface area contributed by atoms with Gasteiger partial charge in [-0.05, 0) is 50.5 Å². The normalized spacial score (nSPS) is 13.1. The van der Waals surface area contributed by atoms with Gasteiger partial charge >= 0.3 is 0 Å². The summed E-state index contributed by atoms with van der Waals surface area (Å²) in [6.07, 6.45) is 1.01. The fraction of sp³-hybridized carbons (Fsp3) is 0.538. The number of thioether (sulfide) groups is 1. The van der Waals surface area contributed by atoms with Gasteiger partial charge in [-0.1, -0.05) is 19.1 Å². The first-order valence-corrected chi connectivity index (χ1v) is 6.75. The maximum atomic E-state index is 6.13. The van der Waals surface area contributed by atoms with E-state index in [-0.39, 0.29) is 6.04 Å². The molecule has 16 heavy (non-hydrogen) atoms. The summed E-state index contributed by atoms with van der Waals surface area (Å²) in [5.74, 6) is 1.12. The van der Waals surface area contributed by atoms with Gasteiger partial charge in [-0.2, -0.15) is 0 Å². The van der Waals surface area contributed by atoms with Gasteiger partial charge in [-0.15, -0.1) is 11.8 Å². The molecule has 0 spiro atoms. The van der Waals surface area contributed by atoms with Gasteiger partial charge in [0.05, 0.1) is 0 Å². The summed E-state index contributed by atoms with van der Waals surface area (Å²) in [7, 11) is 4.15. The molecule has 1 unspecified atom stereocenters. The molecule has 1 rings (SSSR count). The molecule has 0 heterocycles. The molecule has 1 aromatic carbocycles. The second kappa shape index (κ2) is 6.94. The van der Waals surface area contributed by atoms with Crippen molar-refractivity contribution in [2.45, 2.75) is 24.3 Å². The summed E-state index contributed by atoms with van der Waals surface area (Å²) < 4.78 is 0. The number of rotatable bonds is 6. The van der Waals surface area contributed by atoms with Crippen LogP contribution in [0.4, 0.5) is 0 Å². The Morgan fingerprint density at radius 1 is 1.25 bits per heavy atom. The third kappa shape index (κ3) is 4.56. The molecule has 0 saturated heterocycles. The van der Waals surface area contributed by atoms with E-state index in [1.807, 2.05) is 11.8 Å². The molecule has 0 amide bonds. The third-order valence-corrected chi connectivity index (χ3v) is 3.40. The lowest BCUT2D eigenvalue weighted by Gasteiger charge is -2.15. The number of hydrogen-bond acceptors (Lipinski definition) is 3. The fourth-order valence-corrected chi connectivity index (χ4v) is 2.20. The van der Waals surface area contributed by atoms with Gasteiger partial charge in [-0.3, -0.25) is 0 Å². The first-order valence-electron chi connectivity index (χ1n) is 5.76. The average molecular weight is 238 g/mol. The van der Waals surface area contributed by atoms with Gasteiger partial charge in [0.1, 0.15) is 0 Å². The van der Waals surface area contributed by atoms with E-state index in [4.69, 9.17) is 5.73 Å². The van der Waals surface area contributed by atoms with Crippen LogP contribution in [-0.2, 0) is 0 Å². The van der Waals surface area contributed by atoms with Crippen molar-refractivity contribution in [1.82, 2.24) is 4.90 Å². The minimum atomic E-state index is 0.156. The molecule has 1 atom stereocenters. The quantitative estimate of drug-likeness (QED) is 0.773. The van der Waals surface area contributed by atoms with E-state index in [2.05, 4.69) is 50.2 Å². The van der Waals surface area contributed by atoms with Crippen molar-refractivity contribution >= 4 is 11.8 Å². The number of nitrogens with zero attached hydrogens (tertiary/aromatic N) is 1. The van der Waals surface area contributed by atoms with Crippen molar-refractivity contribution in [2.24, 2.45) is 5.73 Å². The van der Waals surface area contributed by atoms with E-state index in [9.17, 15) is 0 Å². The number of nitrogens with two attached hydrogens (primary N) is 1. The predicted octanol–water partition coefficient (Wildman–Crippen LogP) is 2.75. The second-order valence-corrected chi connectivity index (χ2v) is 5.54. The third-order valence-electron chi connectivity index (χ3n) is 2.51. The summed E-state index contributed by atoms with van der Waals surface area (Å²) in [5.41, 5.74) is 7.37. The van der Waals surface area contributed by atoms with Gasteiger partial charge in [-0.25, -0.2) is 0 Å². The van der Waals surface area contributed by atoms with Gasteiger partial charge in [0.15, 0.2) is 0 Å². The molecule has 3 heteroatoms. The lowest BCUT2D eigenvalue weighted by molar-refractivity contribution is 0.382. The molecule has 0 aliphatic carbocycles. The van der Waals surface area contributed by atoms with Crippen molar-refractivity contribution in [3.8, 4) is 0 Å². The van der Waals surface area contributed by atoms with Crippen LogP contribution in [0, 0.1) is 0 Å². The fourth-order valence-electron chi connectivity index (χ4n) is 1.54. The minimum Gasteiger partial charge on any atom is -0.324 e. The lowest BCUT2D eigenvalue weighted by atomic mass is 10.0. The summed E-state index contributed by atoms with van der Waals surface area (Å²) in [6.45, 7) is 3.20. The van der Waals surface area contributed by atoms with Crippen LogP contribution in [0.2, 0.25) is 0 Å². The zero-order chi connectivity index (χ0) is 12.0. The van der Waals surface area contributed by atoms with Crippen molar-refractivity contribution in [3.05, 3.63) is 29.8 Å². The molecule has 1 aromatic rings. The molecule has 90 valence electrons. The summed E-state index contributed by atoms with van der Waals surface area (Å²) in [6, 6.07) is 8.79. The Morgan fingerprint density at radius 3 is 2.38 bits per heavy atom. The van der Waals surface area contributed by atoms with Crippen LogP contribution in [0.25, 0.3) is 0 Å². The molecule has 0 aromatic heterocycles. The molecule has 0 bridgehead atoms. The summed E-state index contributed by atoms with van der Waals surface area (Å²) in [5, 5.41) is 0. The standard InChI is InChI=1S/C13H22N2S/c1-4-16-12-7-5-11(6-8-12)13(14)9-10-15(2)3/h5-8,13H,4,9-10,14H2,1-3H3. The molecule has 0 radical (unpaired) electrons. The molecule has 2 N–H and O–H groups in total. The van der Waals surface area contributed by atoms with Crippen LogP contribution in [0.1, 0.15) is 24.9 Å². The molecular formula is C13H22N2S. The van der Waals surface area contributed by atoms with E-state index in [0.29, 0.717) is 0 Å². The Kier molecular flexibility index (Phi) is 5.88. The Balaban J connectivity index is 2.52. The first-order chi connectivity index (χ1) is 7.63. The highest BCUT2D eigenvalue weighted by Gasteiger charge is 2.06. The number of benzene rings is 1. The van der Waals surface area contributed by atoms with Crippen molar-refractivity contribution in [3.63, 3.8) is 0 Å². The zero-order valence-electron chi connectivity index (χ0n) is 10.4. The van der Waals surface area contributed by atoms with E-state index in [1.54, 1.807) is 0 Å².